The number of aryl methyl sites for hydroxylation is 2. The molecule has 0 unspecified atom stereocenters. The minimum atomic E-state index is -0.180. The average Bonchev–Trinajstić information content (AvgIpc) is 4.10. The molecule has 13 aromatic rings. The Labute approximate surface area is 430 Å². The highest BCUT2D eigenvalue weighted by molar-refractivity contribution is 6.18. The van der Waals surface area contributed by atoms with Gasteiger partial charge in [-0.15, -0.1) is 0 Å². The lowest BCUT2D eigenvalue weighted by atomic mass is 9.81. The van der Waals surface area contributed by atoms with Gasteiger partial charge < -0.3 is 18.6 Å². The van der Waals surface area contributed by atoms with Crippen LogP contribution in [0.2, 0.25) is 0 Å². The molecule has 4 heteroatoms. The van der Waals surface area contributed by atoms with Gasteiger partial charge in [-0.2, -0.15) is 0 Å². The average molecular weight is 953 g/mol. The molecule has 0 aliphatic heterocycles. The van der Waals surface area contributed by atoms with Crippen LogP contribution in [0.4, 0.5) is 34.1 Å². The van der Waals surface area contributed by atoms with Crippen LogP contribution in [-0.2, 0) is 10.8 Å². The Kier molecular flexibility index (Phi) is 8.87. The lowest BCUT2D eigenvalue weighted by molar-refractivity contribution is 0.656. The molecular weight excluding hydrogens is 901 g/mol. The zero-order chi connectivity index (χ0) is 49.8. The molecule has 4 nitrogen and oxygen atoms in total. The van der Waals surface area contributed by atoms with Crippen molar-refractivity contribution in [2.45, 2.75) is 52.4 Å². The van der Waals surface area contributed by atoms with Gasteiger partial charge in [0.15, 0.2) is 0 Å². The molecule has 11 aromatic carbocycles. The summed E-state index contributed by atoms with van der Waals surface area (Å²) >= 11 is 0. The van der Waals surface area contributed by atoms with Crippen molar-refractivity contribution in [2.75, 3.05) is 9.80 Å². The number of benzene rings is 11. The molecule has 354 valence electrons. The van der Waals surface area contributed by atoms with E-state index in [4.69, 9.17) is 8.83 Å². The lowest BCUT2D eigenvalue weighted by Gasteiger charge is -2.33. The topological polar surface area (TPSA) is 32.8 Å². The van der Waals surface area contributed by atoms with Crippen LogP contribution in [0.25, 0.3) is 87.7 Å². The number of anilines is 6. The number of fused-ring (bicyclic) bond motifs is 14. The minimum absolute atomic E-state index is 0.180. The Morgan fingerprint density at radius 1 is 0.311 bits per heavy atom. The van der Waals surface area contributed by atoms with E-state index in [0.717, 1.165) is 88.2 Å². The Morgan fingerprint density at radius 3 is 1.15 bits per heavy atom. The Morgan fingerprint density at radius 2 is 0.689 bits per heavy atom. The van der Waals surface area contributed by atoms with E-state index in [9.17, 15) is 0 Å². The van der Waals surface area contributed by atoms with Crippen LogP contribution in [-0.4, -0.2) is 0 Å². The van der Waals surface area contributed by atoms with Gasteiger partial charge in [0.25, 0.3) is 0 Å². The molecule has 2 aliphatic carbocycles. The van der Waals surface area contributed by atoms with Gasteiger partial charge >= 0.3 is 0 Å². The van der Waals surface area contributed by atoms with Crippen molar-refractivity contribution in [1.29, 1.82) is 0 Å². The van der Waals surface area contributed by atoms with Crippen molar-refractivity contribution in [3.05, 3.63) is 240 Å². The number of hydrogen-bond donors (Lipinski definition) is 0. The second-order valence-electron chi connectivity index (χ2n) is 21.8. The first-order valence-electron chi connectivity index (χ1n) is 25.9. The molecule has 0 saturated carbocycles. The summed E-state index contributed by atoms with van der Waals surface area (Å²) in [5.41, 5.74) is 23.0. The first-order chi connectivity index (χ1) is 36.0. The summed E-state index contributed by atoms with van der Waals surface area (Å²) in [4.78, 5) is 4.92. The van der Waals surface area contributed by atoms with Gasteiger partial charge in [0.05, 0.1) is 11.4 Å². The molecule has 0 bridgehead atoms. The molecule has 0 N–H and O–H groups in total. The molecule has 0 saturated heterocycles. The van der Waals surface area contributed by atoms with Crippen molar-refractivity contribution in [3.8, 4) is 22.3 Å². The summed E-state index contributed by atoms with van der Waals surface area (Å²) in [6.07, 6.45) is 0. The highest BCUT2D eigenvalue weighted by Gasteiger charge is 2.40. The fourth-order valence-electron chi connectivity index (χ4n) is 13.2. The molecule has 2 heterocycles. The van der Waals surface area contributed by atoms with E-state index in [1.54, 1.807) is 0 Å². The predicted octanol–water partition coefficient (Wildman–Crippen LogP) is 20.0. The van der Waals surface area contributed by atoms with Crippen LogP contribution < -0.4 is 9.80 Å². The van der Waals surface area contributed by atoms with Crippen LogP contribution in [0.15, 0.2) is 215 Å². The number of nitrogens with zero attached hydrogens (tertiary/aromatic N) is 2. The maximum atomic E-state index is 6.78. The molecule has 0 atom stereocenters. The summed E-state index contributed by atoms with van der Waals surface area (Å²) in [6.45, 7) is 13.9. The summed E-state index contributed by atoms with van der Waals surface area (Å²) in [6, 6.07) is 75.9. The second kappa shape index (κ2) is 15.3. The number of para-hydroxylation sites is 2. The van der Waals surface area contributed by atoms with E-state index >= 15 is 0 Å². The van der Waals surface area contributed by atoms with Crippen molar-refractivity contribution in [3.63, 3.8) is 0 Å². The highest BCUT2D eigenvalue weighted by atomic mass is 16.3. The summed E-state index contributed by atoms with van der Waals surface area (Å²) in [7, 11) is 0. The monoisotopic (exact) mass is 952 g/mol. The third kappa shape index (κ3) is 6.03. The van der Waals surface area contributed by atoms with Crippen LogP contribution in [0.5, 0.6) is 0 Å². The maximum Gasteiger partial charge on any atom is 0.139 e. The molecule has 0 spiro atoms. The quantitative estimate of drug-likeness (QED) is 0.166. The van der Waals surface area contributed by atoms with Gasteiger partial charge in [0.2, 0.25) is 0 Å². The first-order valence-corrected chi connectivity index (χ1v) is 25.9. The highest BCUT2D eigenvalue weighted by Crippen LogP contribution is 2.56. The normalized spacial score (nSPS) is 14.0. The Balaban J connectivity index is 0.836. The smallest absolute Gasteiger partial charge is 0.139 e. The molecule has 0 amide bonds. The van der Waals surface area contributed by atoms with Gasteiger partial charge in [0.1, 0.15) is 22.3 Å². The van der Waals surface area contributed by atoms with E-state index < -0.39 is 0 Å². The van der Waals surface area contributed by atoms with Gasteiger partial charge in [-0.25, -0.2) is 0 Å². The number of rotatable bonds is 6. The summed E-state index contributed by atoms with van der Waals surface area (Å²) < 4.78 is 13.6. The van der Waals surface area contributed by atoms with Gasteiger partial charge in [-0.3, -0.25) is 0 Å². The summed E-state index contributed by atoms with van der Waals surface area (Å²) in [5.74, 6) is 0. The van der Waals surface area contributed by atoms with E-state index in [2.05, 4.69) is 258 Å². The van der Waals surface area contributed by atoms with Crippen molar-refractivity contribution in [1.82, 2.24) is 0 Å². The molecular formula is C70H52N2O2. The van der Waals surface area contributed by atoms with E-state index in [0.29, 0.717) is 0 Å². The number of furan rings is 2. The SMILES string of the molecule is Cc1ccccc1N(c1ccc2cc3c(cc2c1)oc1cc2oc4cc5cc(N(c6ccccc6C)c6cccc7c6C(C)(C)c6ccccc6-7)ccc5cc4c2cc13)c1cccc2c1C(C)(C)c1ccccc1-2. The van der Waals surface area contributed by atoms with Crippen LogP contribution in [0.1, 0.15) is 61.1 Å². The lowest BCUT2D eigenvalue weighted by Crippen LogP contribution is -2.21. The molecule has 2 aliphatic rings. The zero-order valence-corrected chi connectivity index (χ0v) is 42.3. The van der Waals surface area contributed by atoms with Gasteiger partial charge in [-0.1, -0.05) is 149 Å². The Bertz CT molecular complexity index is 4260. The summed E-state index contributed by atoms with van der Waals surface area (Å²) in [5, 5.41) is 8.90. The second-order valence-corrected chi connectivity index (χ2v) is 21.8. The molecule has 15 rings (SSSR count). The van der Waals surface area contributed by atoms with Gasteiger partial charge in [-0.05, 0) is 170 Å². The van der Waals surface area contributed by atoms with Gasteiger partial charge in [0, 0.05) is 61.2 Å². The van der Waals surface area contributed by atoms with Crippen LogP contribution in [0, 0.1) is 13.8 Å². The largest absolute Gasteiger partial charge is 0.456 e. The van der Waals surface area contributed by atoms with E-state index in [1.807, 2.05) is 0 Å². The minimum Gasteiger partial charge on any atom is -0.456 e. The molecule has 0 fully saturated rings. The standard InChI is InChI=1S/C70H52N2O2/c1-41-17-7-13-25-59(41)71(61-27-15-21-51-49-19-9-11-23-57(49)69(3,4)67(51)61)47-31-29-43-35-53-55-39-56-54-36-44-30-32-48(34-46(44)38-64(54)74-66(56)40-65(55)73-63(53)37-45(43)33-47)72(60-26-14-8-18-42(60)2)62-28-16-22-52-50-20-10-12-24-58(50)70(5,6)68(52)62/h7-40H,1-6H3. The van der Waals surface area contributed by atoms with Crippen LogP contribution >= 0.6 is 0 Å². The molecule has 2 aromatic heterocycles. The van der Waals surface area contributed by atoms with Crippen molar-refractivity contribution >= 4 is 99.5 Å². The first kappa shape index (κ1) is 42.8. The fraction of sp³-hybridized carbons (Fsp3) is 0.114. The molecule has 74 heavy (non-hydrogen) atoms. The third-order valence-corrected chi connectivity index (χ3v) is 16.8. The maximum absolute atomic E-state index is 6.78. The van der Waals surface area contributed by atoms with Crippen molar-refractivity contribution in [2.24, 2.45) is 0 Å². The fourth-order valence-corrected chi connectivity index (χ4v) is 13.2. The Hall–Kier alpha value is -8.86. The molecule has 0 radical (unpaired) electrons. The predicted molar refractivity (Wildman–Crippen MR) is 310 cm³/mol. The van der Waals surface area contributed by atoms with E-state index in [-0.39, 0.29) is 10.8 Å². The zero-order valence-electron chi connectivity index (χ0n) is 42.3. The van der Waals surface area contributed by atoms with Crippen molar-refractivity contribution < 1.29 is 8.83 Å². The number of hydrogen-bond acceptors (Lipinski definition) is 4. The van der Waals surface area contributed by atoms with E-state index in [1.165, 1.54) is 67.0 Å². The third-order valence-electron chi connectivity index (χ3n) is 16.8. The van der Waals surface area contributed by atoms with Crippen LogP contribution in [0.3, 0.4) is 0 Å².